The Balaban J connectivity index is 2.07. The van der Waals surface area contributed by atoms with Crippen LogP contribution in [-0.4, -0.2) is 24.1 Å². The molecule has 0 bridgehead atoms. The molecular formula is C20H24BrN3O2S. The quantitative estimate of drug-likeness (QED) is 0.340. The smallest absolute Gasteiger partial charge is 0.180 e. The third kappa shape index (κ3) is 7.27. The van der Waals surface area contributed by atoms with E-state index < -0.39 is 0 Å². The highest BCUT2D eigenvalue weighted by Crippen LogP contribution is 2.34. The number of nitrogens with zero attached hydrogens (tertiary/aromatic N) is 2. The van der Waals surface area contributed by atoms with Crippen LogP contribution in [0.4, 0.5) is 0 Å². The Morgan fingerprint density at radius 1 is 1.22 bits per heavy atom. The van der Waals surface area contributed by atoms with E-state index in [2.05, 4.69) is 38.3 Å². The van der Waals surface area contributed by atoms with Crippen LogP contribution in [0.1, 0.15) is 31.9 Å². The number of benzene rings is 2. The Morgan fingerprint density at radius 3 is 2.63 bits per heavy atom. The predicted octanol–water partition coefficient (Wildman–Crippen LogP) is 5.22. The van der Waals surface area contributed by atoms with E-state index in [1.807, 2.05) is 51.1 Å². The van der Waals surface area contributed by atoms with Gasteiger partial charge in [-0.1, -0.05) is 42.1 Å². The van der Waals surface area contributed by atoms with Gasteiger partial charge in [-0.05, 0) is 54.4 Å². The maximum absolute atomic E-state index is 5.92. The normalized spacial score (nSPS) is 12.0. The van der Waals surface area contributed by atoms with Gasteiger partial charge in [0.1, 0.15) is 0 Å². The van der Waals surface area contributed by atoms with Crippen LogP contribution in [0, 0.1) is 0 Å². The van der Waals surface area contributed by atoms with Crippen LogP contribution in [-0.2, 0) is 5.75 Å². The van der Waals surface area contributed by atoms with Gasteiger partial charge in [-0.15, -0.1) is 5.10 Å². The van der Waals surface area contributed by atoms with Crippen molar-refractivity contribution in [2.45, 2.75) is 32.6 Å². The van der Waals surface area contributed by atoms with E-state index in [4.69, 9.17) is 15.2 Å². The molecule has 2 N–H and O–H groups in total. The highest BCUT2D eigenvalue weighted by molar-refractivity contribution is 9.10. The molecule has 0 unspecified atom stereocenters. The van der Waals surface area contributed by atoms with Gasteiger partial charge in [-0.2, -0.15) is 5.10 Å². The number of hydrogen-bond acceptors (Lipinski definition) is 5. The average molecular weight is 450 g/mol. The number of thioether (sulfide) groups is 1. The summed E-state index contributed by atoms with van der Waals surface area (Å²) in [6.07, 6.45) is 1.70. The fourth-order valence-corrected chi connectivity index (χ4v) is 3.21. The number of rotatable bonds is 8. The van der Waals surface area contributed by atoms with E-state index in [-0.39, 0.29) is 6.10 Å². The van der Waals surface area contributed by atoms with Gasteiger partial charge in [0.2, 0.25) is 0 Å². The molecule has 2 aromatic carbocycles. The highest BCUT2D eigenvalue weighted by atomic mass is 79.9. The van der Waals surface area contributed by atoms with E-state index in [9.17, 15) is 0 Å². The number of ether oxygens (including phenoxy) is 2. The van der Waals surface area contributed by atoms with Crippen molar-refractivity contribution in [2.75, 3.05) is 6.61 Å². The molecule has 0 saturated carbocycles. The molecule has 0 saturated heterocycles. The summed E-state index contributed by atoms with van der Waals surface area (Å²) < 4.78 is 12.3. The monoisotopic (exact) mass is 449 g/mol. The van der Waals surface area contributed by atoms with Crippen molar-refractivity contribution in [1.82, 2.24) is 0 Å². The Hall–Kier alpha value is -1.99. The standard InChI is InChI=1S/C20H24BrN3O2S/c1-4-25-18-10-16(17(21)11-19(18)26-14(2)3)12-23-24-20(22)27-13-15-8-6-5-7-9-15/h5-12,14H,4,13H2,1-3H3,(H2,22,24). The van der Waals surface area contributed by atoms with Gasteiger partial charge in [0.15, 0.2) is 16.7 Å². The molecule has 0 atom stereocenters. The first-order valence-corrected chi connectivity index (χ1v) is 10.4. The van der Waals surface area contributed by atoms with E-state index in [1.165, 1.54) is 17.3 Å². The number of nitrogens with two attached hydrogens (primary N) is 1. The third-order valence-electron chi connectivity index (χ3n) is 3.31. The van der Waals surface area contributed by atoms with Crippen LogP contribution >= 0.6 is 27.7 Å². The summed E-state index contributed by atoms with van der Waals surface area (Å²) in [5.74, 6) is 2.12. The summed E-state index contributed by atoms with van der Waals surface area (Å²) in [6.45, 7) is 6.44. The lowest BCUT2D eigenvalue weighted by molar-refractivity contribution is 0.223. The van der Waals surface area contributed by atoms with Crippen molar-refractivity contribution in [2.24, 2.45) is 15.9 Å². The zero-order valence-corrected chi connectivity index (χ0v) is 18.1. The van der Waals surface area contributed by atoms with Crippen molar-refractivity contribution >= 4 is 39.1 Å². The summed E-state index contributed by atoms with van der Waals surface area (Å²) >= 11 is 4.99. The molecule has 2 rings (SSSR count). The molecule has 7 heteroatoms. The molecule has 0 aliphatic heterocycles. The molecule has 0 aliphatic rings. The Bertz CT molecular complexity index is 795. The first kappa shape index (κ1) is 21.3. The van der Waals surface area contributed by atoms with Gasteiger partial charge in [0.25, 0.3) is 0 Å². The number of amidine groups is 1. The second kappa shape index (κ2) is 11.0. The molecular weight excluding hydrogens is 426 g/mol. The minimum absolute atomic E-state index is 0.0571. The minimum Gasteiger partial charge on any atom is -0.490 e. The van der Waals surface area contributed by atoms with Crippen molar-refractivity contribution < 1.29 is 9.47 Å². The Labute approximate surface area is 173 Å². The lowest BCUT2D eigenvalue weighted by Crippen LogP contribution is -2.08. The topological polar surface area (TPSA) is 69.2 Å². The zero-order chi connectivity index (χ0) is 19.6. The third-order valence-corrected chi connectivity index (χ3v) is 4.85. The molecule has 0 fully saturated rings. The van der Waals surface area contributed by atoms with Gasteiger partial charge in [0, 0.05) is 15.8 Å². The van der Waals surface area contributed by atoms with Crippen molar-refractivity contribution in [1.29, 1.82) is 0 Å². The summed E-state index contributed by atoms with van der Waals surface area (Å²) in [5.41, 5.74) is 7.94. The first-order chi connectivity index (χ1) is 13.0. The van der Waals surface area contributed by atoms with Crippen molar-refractivity contribution in [3.63, 3.8) is 0 Å². The summed E-state index contributed by atoms with van der Waals surface area (Å²) in [5, 5.41) is 8.57. The van der Waals surface area contributed by atoms with E-state index >= 15 is 0 Å². The largest absolute Gasteiger partial charge is 0.490 e. The number of halogens is 1. The molecule has 5 nitrogen and oxygen atoms in total. The minimum atomic E-state index is 0.0571. The van der Waals surface area contributed by atoms with Crippen LogP contribution in [0.2, 0.25) is 0 Å². The summed E-state index contributed by atoms with van der Waals surface area (Å²) in [6, 6.07) is 13.8. The van der Waals surface area contributed by atoms with Crippen molar-refractivity contribution in [3.05, 3.63) is 58.1 Å². The number of hydrogen-bond donors (Lipinski definition) is 1. The van der Waals surface area contributed by atoms with Crippen LogP contribution in [0.15, 0.2) is 57.1 Å². The molecule has 0 heterocycles. The maximum atomic E-state index is 5.92. The van der Waals surface area contributed by atoms with Crippen LogP contribution in [0.3, 0.4) is 0 Å². The lowest BCUT2D eigenvalue weighted by atomic mass is 10.2. The Morgan fingerprint density at radius 2 is 1.96 bits per heavy atom. The van der Waals surface area contributed by atoms with Crippen molar-refractivity contribution in [3.8, 4) is 11.5 Å². The van der Waals surface area contributed by atoms with Gasteiger partial charge in [-0.3, -0.25) is 0 Å². The molecule has 2 aromatic rings. The maximum Gasteiger partial charge on any atom is 0.180 e. The van der Waals surface area contributed by atoms with Crippen LogP contribution < -0.4 is 15.2 Å². The zero-order valence-electron chi connectivity index (χ0n) is 15.7. The molecule has 0 amide bonds. The molecule has 0 aromatic heterocycles. The predicted molar refractivity (Wildman–Crippen MR) is 118 cm³/mol. The van der Waals surface area contributed by atoms with E-state index in [1.54, 1.807) is 6.21 Å². The first-order valence-electron chi connectivity index (χ1n) is 8.65. The average Bonchev–Trinajstić information content (AvgIpc) is 2.64. The second-order valence-electron chi connectivity index (χ2n) is 5.88. The van der Waals surface area contributed by atoms with Crippen LogP contribution in [0.25, 0.3) is 0 Å². The summed E-state index contributed by atoms with van der Waals surface area (Å²) in [4.78, 5) is 0. The van der Waals surface area contributed by atoms with E-state index in [0.29, 0.717) is 23.3 Å². The van der Waals surface area contributed by atoms with Gasteiger partial charge >= 0.3 is 0 Å². The molecule has 144 valence electrons. The molecule has 0 spiro atoms. The fourth-order valence-electron chi connectivity index (χ4n) is 2.17. The van der Waals surface area contributed by atoms with Gasteiger partial charge in [-0.25, -0.2) is 0 Å². The SMILES string of the molecule is CCOc1cc(C=NN=C(N)SCc2ccccc2)c(Br)cc1OC(C)C. The van der Waals surface area contributed by atoms with Gasteiger partial charge < -0.3 is 15.2 Å². The lowest BCUT2D eigenvalue weighted by Gasteiger charge is -2.15. The van der Waals surface area contributed by atoms with Crippen LogP contribution in [0.5, 0.6) is 11.5 Å². The summed E-state index contributed by atoms with van der Waals surface area (Å²) in [7, 11) is 0. The highest BCUT2D eigenvalue weighted by Gasteiger charge is 2.11. The second-order valence-corrected chi connectivity index (χ2v) is 7.73. The molecule has 0 aliphatic carbocycles. The van der Waals surface area contributed by atoms with Gasteiger partial charge in [0.05, 0.1) is 18.9 Å². The fraction of sp³-hybridized carbons (Fsp3) is 0.300. The molecule has 27 heavy (non-hydrogen) atoms. The molecule has 0 radical (unpaired) electrons. The Kier molecular flexibility index (Phi) is 8.67. The van der Waals surface area contributed by atoms with E-state index in [0.717, 1.165) is 15.8 Å².